The van der Waals surface area contributed by atoms with Crippen LogP contribution in [-0.4, -0.2) is 58.9 Å². The summed E-state index contributed by atoms with van der Waals surface area (Å²) in [7, 11) is 0. The Bertz CT molecular complexity index is 835. The maximum atomic E-state index is 13.4. The van der Waals surface area contributed by atoms with Crippen LogP contribution in [0.3, 0.4) is 0 Å². The van der Waals surface area contributed by atoms with Gasteiger partial charge in [-0.3, -0.25) is 14.6 Å². The number of carbonyl (C=O) groups is 2. The average Bonchev–Trinajstić information content (AvgIpc) is 2.67. The quantitative estimate of drug-likeness (QED) is 0.828. The first-order valence-corrected chi connectivity index (χ1v) is 8.87. The number of hydrogen-bond acceptors (Lipinski definition) is 4. The van der Waals surface area contributed by atoms with Crippen molar-refractivity contribution in [1.82, 2.24) is 14.8 Å². The molecule has 6 nitrogen and oxygen atoms in total. The van der Waals surface area contributed by atoms with Crippen LogP contribution in [0.5, 0.6) is 5.75 Å². The zero-order valence-electron chi connectivity index (χ0n) is 15.4. The van der Waals surface area contributed by atoms with Gasteiger partial charge in [0.25, 0.3) is 5.91 Å². The van der Waals surface area contributed by atoms with Crippen molar-refractivity contribution in [3.8, 4) is 17.0 Å². The molecule has 0 bridgehead atoms. The van der Waals surface area contributed by atoms with E-state index in [0.29, 0.717) is 43.2 Å². The molecule has 1 atom stereocenters. The molecule has 0 radical (unpaired) electrons. The first-order chi connectivity index (χ1) is 12.9. The van der Waals surface area contributed by atoms with Crippen molar-refractivity contribution in [2.75, 3.05) is 26.2 Å². The van der Waals surface area contributed by atoms with Gasteiger partial charge in [0.2, 0.25) is 5.91 Å². The summed E-state index contributed by atoms with van der Waals surface area (Å²) in [6, 6.07) is 9.50. The normalized spacial score (nSPS) is 15.4. The highest BCUT2D eigenvalue weighted by molar-refractivity contribution is 5.81. The fourth-order valence-electron chi connectivity index (χ4n) is 3.04. The van der Waals surface area contributed by atoms with Crippen molar-refractivity contribution < 1.29 is 18.7 Å². The lowest BCUT2D eigenvalue weighted by Gasteiger charge is -2.35. The Balaban J connectivity index is 1.64. The summed E-state index contributed by atoms with van der Waals surface area (Å²) in [5, 5.41) is 0. The predicted octanol–water partition coefficient (Wildman–Crippen LogP) is 2.35. The van der Waals surface area contributed by atoms with Gasteiger partial charge in [-0.25, -0.2) is 4.39 Å². The van der Waals surface area contributed by atoms with Gasteiger partial charge >= 0.3 is 0 Å². The number of ether oxygens (including phenoxy) is 1. The van der Waals surface area contributed by atoms with Crippen LogP contribution in [0.25, 0.3) is 11.3 Å². The molecular weight excluding hydrogens is 349 g/mol. The number of amides is 2. The molecule has 0 aliphatic carbocycles. The summed E-state index contributed by atoms with van der Waals surface area (Å²) in [6.07, 6.45) is 0.898. The van der Waals surface area contributed by atoms with Crippen molar-refractivity contribution in [3.05, 3.63) is 48.4 Å². The highest BCUT2D eigenvalue weighted by atomic mass is 19.1. The number of piperazine rings is 1. The minimum Gasteiger partial charge on any atom is -0.481 e. The Kier molecular flexibility index (Phi) is 5.69. The monoisotopic (exact) mass is 371 g/mol. The van der Waals surface area contributed by atoms with E-state index in [1.165, 1.54) is 19.1 Å². The van der Waals surface area contributed by atoms with Crippen molar-refractivity contribution in [2.24, 2.45) is 0 Å². The topological polar surface area (TPSA) is 62.7 Å². The Labute approximate surface area is 157 Å². The lowest BCUT2D eigenvalue weighted by molar-refractivity contribution is -0.143. The summed E-state index contributed by atoms with van der Waals surface area (Å²) >= 11 is 0. The van der Waals surface area contributed by atoms with Gasteiger partial charge in [0.05, 0.1) is 5.69 Å². The summed E-state index contributed by atoms with van der Waals surface area (Å²) in [4.78, 5) is 31.7. The van der Waals surface area contributed by atoms with E-state index >= 15 is 0 Å². The van der Waals surface area contributed by atoms with Crippen LogP contribution in [0, 0.1) is 5.82 Å². The fraction of sp³-hybridized carbons (Fsp3) is 0.350. The molecule has 0 saturated carbocycles. The van der Waals surface area contributed by atoms with Crippen LogP contribution in [0.2, 0.25) is 0 Å². The Morgan fingerprint density at radius 1 is 1.11 bits per heavy atom. The lowest BCUT2D eigenvalue weighted by Crippen LogP contribution is -2.52. The van der Waals surface area contributed by atoms with Crippen LogP contribution in [0.1, 0.15) is 13.8 Å². The largest absolute Gasteiger partial charge is 0.481 e. The summed E-state index contributed by atoms with van der Waals surface area (Å²) in [5.74, 6) is 0.0525. The molecule has 2 aromatic rings. The van der Waals surface area contributed by atoms with E-state index in [9.17, 15) is 14.0 Å². The first kappa shape index (κ1) is 18.8. The second-order valence-corrected chi connectivity index (χ2v) is 6.48. The third-order valence-corrected chi connectivity index (χ3v) is 4.55. The molecule has 2 amide bonds. The highest BCUT2D eigenvalue weighted by Crippen LogP contribution is 2.23. The molecule has 7 heteroatoms. The number of pyridine rings is 1. The number of nitrogens with zero attached hydrogens (tertiary/aromatic N) is 3. The van der Waals surface area contributed by atoms with Gasteiger partial charge in [-0.2, -0.15) is 0 Å². The number of aromatic nitrogens is 1. The van der Waals surface area contributed by atoms with Crippen LogP contribution >= 0.6 is 0 Å². The number of hydrogen-bond donors (Lipinski definition) is 0. The zero-order chi connectivity index (χ0) is 19.4. The fourth-order valence-corrected chi connectivity index (χ4v) is 3.04. The predicted molar refractivity (Wildman–Crippen MR) is 98.6 cm³/mol. The van der Waals surface area contributed by atoms with Gasteiger partial charge in [0.15, 0.2) is 6.10 Å². The molecule has 1 aliphatic heterocycles. The maximum Gasteiger partial charge on any atom is 0.263 e. The smallest absolute Gasteiger partial charge is 0.263 e. The molecule has 27 heavy (non-hydrogen) atoms. The molecule has 0 spiro atoms. The van der Waals surface area contributed by atoms with Crippen molar-refractivity contribution >= 4 is 11.8 Å². The minimum absolute atomic E-state index is 0.0214. The van der Waals surface area contributed by atoms with Gasteiger partial charge in [-0.05, 0) is 25.1 Å². The van der Waals surface area contributed by atoms with Crippen molar-refractivity contribution in [1.29, 1.82) is 0 Å². The third kappa shape index (κ3) is 4.61. The van der Waals surface area contributed by atoms with Gasteiger partial charge in [-0.15, -0.1) is 0 Å². The number of rotatable bonds is 4. The van der Waals surface area contributed by atoms with Crippen LogP contribution in [0.15, 0.2) is 42.6 Å². The van der Waals surface area contributed by atoms with E-state index in [1.807, 2.05) is 0 Å². The Morgan fingerprint density at radius 2 is 1.81 bits per heavy atom. The van der Waals surface area contributed by atoms with Crippen molar-refractivity contribution in [3.63, 3.8) is 0 Å². The van der Waals surface area contributed by atoms with Gasteiger partial charge in [0.1, 0.15) is 11.6 Å². The molecule has 142 valence electrons. The number of carbonyl (C=O) groups excluding carboxylic acids is 2. The Morgan fingerprint density at radius 3 is 2.48 bits per heavy atom. The second kappa shape index (κ2) is 8.16. The van der Waals surface area contributed by atoms with E-state index in [0.717, 1.165) is 0 Å². The number of benzene rings is 1. The number of halogens is 1. The molecular formula is C20H22FN3O3. The molecule has 0 N–H and O–H groups in total. The van der Waals surface area contributed by atoms with E-state index in [2.05, 4.69) is 4.98 Å². The van der Waals surface area contributed by atoms with Gasteiger partial charge in [0, 0.05) is 50.9 Å². The van der Waals surface area contributed by atoms with E-state index < -0.39 is 6.10 Å². The van der Waals surface area contributed by atoms with Crippen LogP contribution in [0.4, 0.5) is 4.39 Å². The molecule has 1 aromatic heterocycles. The van der Waals surface area contributed by atoms with E-state index in [1.54, 1.807) is 47.2 Å². The van der Waals surface area contributed by atoms with Gasteiger partial charge in [-0.1, -0.05) is 12.1 Å². The minimum atomic E-state index is -0.670. The van der Waals surface area contributed by atoms with Crippen molar-refractivity contribution in [2.45, 2.75) is 20.0 Å². The molecule has 1 aliphatic rings. The molecule has 1 fully saturated rings. The standard InChI is InChI=1S/C20H22FN3O3/c1-14(20(26)24-10-8-23(9-11-24)15(2)25)27-18-6-7-22-19(13-18)16-4-3-5-17(21)12-16/h3-7,12-14H,8-11H2,1-2H3/t14-/m1/s1. The van der Waals surface area contributed by atoms with Crippen LogP contribution < -0.4 is 4.74 Å². The maximum absolute atomic E-state index is 13.4. The Hall–Kier alpha value is -2.96. The lowest BCUT2D eigenvalue weighted by atomic mass is 10.1. The summed E-state index contributed by atoms with van der Waals surface area (Å²) in [5.41, 5.74) is 1.21. The summed E-state index contributed by atoms with van der Waals surface area (Å²) < 4.78 is 19.2. The molecule has 2 heterocycles. The average molecular weight is 371 g/mol. The SMILES string of the molecule is CC(=O)N1CCN(C(=O)[C@@H](C)Oc2ccnc(-c3cccc(F)c3)c2)CC1. The highest BCUT2D eigenvalue weighted by Gasteiger charge is 2.26. The zero-order valence-corrected chi connectivity index (χ0v) is 15.4. The first-order valence-electron chi connectivity index (χ1n) is 8.87. The van der Waals surface area contributed by atoms with Gasteiger partial charge < -0.3 is 14.5 Å². The van der Waals surface area contributed by atoms with E-state index in [4.69, 9.17) is 4.74 Å². The molecule has 1 saturated heterocycles. The molecule has 3 rings (SSSR count). The van der Waals surface area contributed by atoms with E-state index in [-0.39, 0.29) is 17.6 Å². The van der Waals surface area contributed by atoms with Crippen LogP contribution in [-0.2, 0) is 9.59 Å². The second-order valence-electron chi connectivity index (χ2n) is 6.48. The third-order valence-electron chi connectivity index (χ3n) is 4.55. The summed E-state index contributed by atoms with van der Waals surface area (Å²) in [6.45, 7) is 5.29. The molecule has 1 aromatic carbocycles. The molecule has 0 unspecified atom stereocenters.